The molecule has 18 heavy (non-hydrogen) atoms. The third kappa shape index (κ3) is 2.79. The molecule has 4 N–H and O–H groups in total. The van der Waals surface area contributed by atoms with Crippen LogP contribution in [-0.4, -0.2) is 19.0 Å². The van der Waals surface area contributed by atoms with Gasteiger partial charge >= 0.3 is 0 Å². The first-order valence-electron chi connectivity index (χ1n) is 5.21. The van der Waals surface area contributed by atoms with Crippen molar-refractivity contribution in [1.82, 2.24) is 0 Å². The Morgan fingerprint density at radius 3 is 2.39 bits per heavy atom. The van der Waals surface area contributed by atoms with E-state index < -0.39 is 26.4 Å². The number of benzene rings is 1. The van der Waals surface area contributed by atoms with E-state index in [1.807, 2.05) is 0 Å². The van der Waals surface area contributed by atoms with Crippen LogP contribution in [0.1, 0.15) is 26.3 Å². The van der Waals surface area contributed by atoms with Crippen molar-refractivity contribution in [3.63, 3.8) is 0 Å². The highest BCUT2D eigenvalue weighted by Gasteiger charge is 2.30. The van der Waals surface area contributed by atoms with Gasteiger partial charge in [-0.15, -0.1) is 0 Å². The summed E-state index contributed by atoms with van der Waals surface area (Å²) in [5, 5.41) is 7.28. The SMILES string of the molecule is CC(C)(C)S(=O)(=O)Nc1cccc(F)c1C(=N)N. The van der Waals surface area contributed by atoms with E-state index in [0.717, 1.165) is 6.07 Å². The summed E-state index contributed by atoms with van der Waals surface area (Å²) >= 11 is 0. The predicted octanol–water partition coefficient (Wildman–Crippen LogP) is 1.65. The van der Waals surface area contributed by atoms with E-state index in [1.165, 1.54) is 32.9 Å². The number of nitrogens with two attached hydrogens (primary N) is 1. The van der Waals surface area contributed by atoms with Gasteiger partial charge in [0.2, 0.25) is 10.0 Å². The molecule has 0 aliphatic carbocycles. The smallest absolute Gasteiger partial charge is 0.237 e. The van der Waals surface area contributed by atoms with Gasteiger partial charge in [-0.1, -0.05) is 6.07 Å². The van der Waals surface area contributed by atoms with E-state index in [1.54, 1.807) is 0 Å². The minimum atomic E-state index is -3.69. The van der Waals surface area contributed by atoms with Gasteiger partial charge in [-0.3, -0.25) is 10.1 Å². The molecule has 0 amide bonds. The zero-order valence-electron chi connectivity index (χ0n) is 10.4. The largest absolute Gasteiger partial charge is 0.384 e. The minimum absolute atomic E-state index is 0.0302. The summed E-state index contributed by atoms with van der Waals surface area (Å²) in [5.41, 5.74) is 4.98. The number of anilines is 1. The molecule has 5 nitrogen and oxygen atoms in total. The highest BCUT2D eigenvalue weighted by molar-refractivity contribution is 7.94. The molecule has 100 valence electrons. The van der Waals surface area contributed by atoms with Crippen LogP contribution in [-0.2, 0) is 10.0 Å². The second-order valence-electron chi connectivity index (χ2n) is 4.79. The van der Waals surface area contributed by atoms with Gasteiger partial charge < -0.3 is 5.73 Å². The molecular weight excluding hydrogens is 257 g/mol. The molecule has 1 aromatic carbocycles. The van der Waals surface area contributed by atoms with Crippen molar-refractivity contribution in [2.45, 2.75) is 25.5 Å². The van der Waals surface area contributed by atoms with Crippen LogP contribution >= 0.6 is 0 Å². The van der Waals surface area contributed by atoms with Gasteiger partial charge in [-0.2, -0.15) is 0 Å². The van der Waals surface area contributed by atoms with Crippen molar-refractivity contribution >= 4 is 21.5 Å². The maximum absolute atomic E-state index is 13.5. The molecule has 0 heterocycles. The van der Waals surface area contributed by atoms with Crippen molar-refractivity contribution in [1.29, 1.82) is 5.41 Å². The lowest BCUT2D eigenvalue weighted by Crippen LogP contribution is -2.34. The summed E-state index contributed by atoms with van der Waals surface area (Å²) in [6, 6.07) is 3.83. The van der Waals surface area contributed by atoms with Crippen LogP contribution < -0.4 is 10.5 Å². The molecule has 1 aromatic rings. The van der Waals surface area contributed by atoms with Crippen LogP contribution in [0.5, 0.6) is 0 Å². The molecule has 0 bridgehead atoms. The van der Waals surface area contributed by atoms with E-state index in [9.17, 15) is 12.8 Å². The topological polar surface area (TPSA) is 96.0 Å². The summed E-state index contributed by atoms with van der Waals surface area (Å²) in [6.07, 6.45) is 0. The average molecular weight is 273 g/mol. The first-order valence-corrected chi connectivity index (χ1v) is 6.70. The number of hydrogen-bond acceptors (Lipinski definition) is 3. The fraction of sp³-hybridized carbons (Fsp3) is 0.364. The third-order valence-electron chi connectivity index (χ3n) is 2.33. The number of rotatable bonds is 3. The summed E-state index contributed by atoms with van der Waals surface area (Å²) in [4.78, 5) is 0. The molecular formula is C11H16FN3O2S. The van der Waals surface area contributed by atoms with Crippen LogP contribution in [0.3, 0.4) is 0 Å². The Labute approximate surface area is 106 Å². The van der Waals surface area contributed by atoms with Gasteiger partial charge in [-0.05, 0) is 32.9 Å². The predicted molar refractivity (Wildman–Crippen MR) is 69.7 cm³/mol. The number of amidine groups is 1. The van der Waals surface area contributed by atoms with Crippen molar-refractivity contribution in [2.24, 2.45) is 5.73 Å². The van der Waals surface area contributed by atoms with Crippen LogP contribution in [0.4, 0.5) is 10.1 Å². The van der Waals surface area contributed by atoms with Gasteiger partial charge in [-0.25, -0.2) is 12.8 Å². The molecule has 0 aliphatic rings. The molecule has 0 aliphatic heterocycles. The van der Waals surface area contributed by atoms with E-state index in [2.05, 4.69) is 4.72 Å². The molecule has 0 unspecified atom stereocenters. The molecule has 0 fully saturated rings. The molecule has 0 spiro atoms. The normalized spacial score (nSPS) is 12.2. The van der Waals surface area contributed by atoms with Crippen LogP contribution in [0, 0.1) is 11.2 Å². The van der Waals surface area contributed by atoms with E-state index in [4.69, 9.17) is 11.1 Å². The molecule has 0 saturated carbocycles. The van der Waals surface area contributed by atoms with Crippen LogP contribution in [0.2, 0.25) is 0 Å². The second kappa shape index (κ2) is 4.56. The lowest BCUT2D eigenvalue weighted by Gasteiger charge is -2.21. The van der Waals surface area contributed by atoms with Crippen molar-refractivity contribution in [3.05, 3.63) is 29.6 Å². The fourth-order valence-electron chi connectivity index (χ4n) is 1.18. The monoisotopic (exact) mass is 273 g/mol. The van der Waals surface area contributed by atoms with Gasteiger partial charge in [0.05, 0.1) is 16.0 Å². The van der Waals surface area contributed by atoms with Crippen LogP contribution in [0.15, 0.2) is 18.2 Å². The first-order chi connectivity index (χ1) is 8.06. The Bertz CT molecular complexity index is 576. The maximum atomic E-state index is 13.5. The van der Waals surface area contributed by atoms with E-state index in [-0.39, 0.29) is 11.3 Å². The number of halogens is 1. The van der Waals surface area contributed by atoms with Gasteiger partial charge in [0.1, 0.15) is 11.7 Å². The molecule has 7 heteroatoms. The Morgan fingerprint density at radius 1 is 1.39 bits per heavy atom. The molecule has 0 aromatic heterocycles. The minimum Gasteiger partial charge on any atom is -0.384 e. The van der Waals surface area contributed by atoms with E-state index in [0.29, 0.717) is 0 Å². The standard InChI is InChI=1S/C11H16FN3O2S/c1-11(2,3)18(16,17)15-8-6-4-5-7(12)9(8)10(13)14/h4-6,15H,1-3H3,(H3,13,14). The maximum Gasteiger partial charge on any atom is 0.237 e. The number of hydrogen-bond donors (Lipinski definition) is 3. The number of nitrogens with one attached hydrogen (secondary N) is 2. The second-order valence-corrected chi connectivity index (χ2v) is 7.23. The zero-order chi connectivity index (χ0) is 14.1. The number of nitrogen functional groups attached to an aromatic ring is 1. The average Bonchev–Trinajstić information content (AvgIpc) is 2.14. The Balaban J connectivity index is 3.30. The highest BCUT2D eigenvalue weighted by Crippen LogP contribution is 2.23. The highest BCUT2D eigenvalue weighted by atomic mass is 32.2. The molecule has 0 saturated heterocycles. The van der Waals surface area contributed by atoms with Crippen LogP contribution in [0.25, 0.3) is 0 Å². The molecule has 0 atom stereocenters. The Morgan fingerprint density at radius 2 is 1.94 bits per heavy atom. The Kier molecular flexibility index (Phi) is 3.66. The molecule has 0 radical (unpaired) electrons. The summed E-state index contributed by atoms with van der Waals surface area (Å²) in [7, 11) is -3.69. The summed E-state index contributed by atoms with van der Waals surface area (Å²) in [5.74, 6) is -1.27. The van der Waals surface area contributed by atoms with E-state index >= 15 is 0 Å². The fourth-order valence-corrected chi connectivity index (χ4v) is 1.95. The zero-order valence-corrected chi connectivity index (χ0v) is 11.2. The van der Waals surface area contributed by atoms with Gasteiger partial charge in [0.15, 0.2) is 0 Å². The first kappa shape index (κ1) is 14.4. The van der Waals surface area contributed by atoms with Crippen molar-refractivity contribution in [3.8, 4) is 0 Å². The number of sulfonamides is 1. The molecule has 1 rings (SSSR count). The lowest BCUT2D eigenvalue weighted by atomic mass is 10.1. The van der Waals surface area contributed by atoms with Gasteiger partial charge in [0.25, 0.3) is 0 Å². The Hall–Kier alpha value is -1.63. The van der Waals surface area contributed by atoms with Crippen molar-refractivity contribution in [2.75, 3.05) is 4.72 Å². The lowest BCUT2D eigenvalue weighted by molar-refractivity contribution is 0.566. The van der Waals surface area contributed by atoms with Gasteiger partial charge in [0, 0.05) is 0 Å². The summed E-state index contributed by atoms with van der Waals surface area (Å²) < 4.78 is 38.7. The quantitative estimate of drug-likeness (QED) is 0.577. The third-order valence-corrected chi connectivity index (χ3v) is 4.43. The summed E-state index contributed by atoms with van der Waals surface area (Å²) in [6.45, 7) is 4.55. The van der Waals surface area contributed by atoms with Crippen molar-refractivity contribution < 1.29 is 12.8 Å².